The van der Waals surface area contributed by atoms with Gasteiger partial charge in [0.2, 0.25) is 5.91 Å². The maximum atomic E-state index is 13.3. The van der Waals surface area contributed by atoms with Crippen LogP contribution in [0.4, 0.5) is 15.8 Å². The van der Waals surface area contributed by atoms with Crippen LogP contribution in [0, 0.1) is 12.7 Å². The van der Waals surface area contributed by atoms with Gasteiger partial charge in [0, 0.05) is 35.4 Å². The van der Waals surface area contributed by atoms with E-state index >= 15 is 0 Å². The number of anilines is 2. The molecule has 0 radical (unpaired) electrons. The first-order valence-corrected chi connectivity index (χ1v) is 9.06. The summed E-state index contributed by atoms with van der Waals surface area (Å²) >= 11 is 5.73. The van der Waals surface area contributed by atoms with E-state index in [9.17, 15) is 14.0 Å². The zero-order chi connectivity index (χ0) is 20.8. The number of halogens is 2. The molecule has 0 unspecified atom stereocenters. The van der Waals surface area contributed by atoms with Crippen molar-refractivity contribution in [2.45, 2.75) is 6.92 Å². The summed E-state index contributed by atoms with van der Waals surface area (Å²) < 4.78 is 13.3. The predicted molar refractivity (Wildman–Crippen MR) is 112 cm³/mol. The number of pyridine rings is 1. The number of rotatable bonds is 5. The minimum absolute atomic E-state index is 0.130. The highest BCUT2D eigenvalue weighted by molar-refractivity contribution is 6.31. The van der Waals surface area contributed by atoms with Crippen molar-refractivity contribution in [3.8, 4) is 0 Å². The smallest absolute Gasteiger partial charge is 0.255 e. The van der Waals surface area contributed by atoms with Gasteiger partial charge in [0.25, 0.3) is 5.91 Å². The molecule has 29 heavy (non-hydrogen) atoms. The predicted octanol–water partition coefficient (Wildman–Crippen LogP) is 5.09. The maximum absolute atomic E-state index is 13.3. The topological polar surface area (TPSA) is 71.1 Å². The largest absolute Gasteiger partial charge is 0.322 e. The first-order valence-electron chi connectivity index (χ1n) is 8.68. The molecule has 2 amide bonds. The van der Waals surface area contributed by atoms with Crippen molar-refractivity contribution in [3.63, 3.8) is 0 Å². The lowest BCUT2D eigenvalue weighted by atomic mass is 10.1. The Morgan fingerprint density at radius 3 is 2.66 bits per heavy atom. The molecule has 0 atom stereocenters. The molecule has 1 aromatic heterocycles. The van der Waals surface area contributed by atoms with Crippen LogP contribution >= 0.6 is 11.6 Å². The Morgan fingerprint density at radius 1 is 1.10 bits per heavy atom. The molecular weight excluding hydrogens is 393 g/mol. The van der Waals surface area contributed by atoms with Crippen LogP contribution in [0.25, 0.3) is 6.08 Å². The summed E-state index contributed by atoms with van der Waals surface area (Å²) in [6.07, 6.45) is 6.36. The number of carbonyl (C=O) groups is 2. The zero-order valence-electron chi connectivity index (χ0n) is 15.4. The fourth-order valence-electron chi connectivity index (χ4n) is 2.50. The Labute approximate surface area is 172 Å². The van der Waals surface area contributed by atoms with E-state index in [2.05, 4.69) is 15.6 Å². The summed E-state index contributed by atoms with van der Waals surface area (Å²) in [7, 11) is 0. The van der Waals surface area contributed by atoms with Gasteiger partial charge in [0.15, 0.2) is 0 Å². The van der Waals surface area contributed by atoms with E-state index in [1.54, 1.807) is 42.7 Å². The Morgan fingerprint density at radius 2 is 1.93 bits per heavy atom. The van der Waals surface area contributed by atoms with Crippen molar-refractivity contribution in [1.82, 2.24) is 4.98 Å². The Kier molecular flexibility index (Phi) is 6.36. The maximum Gasteiger partial charge on any atom is 0.255 e. The monoisotopic (exact) mass is 409 g/mol. The molecular formula is C22H17ClFN3O2. The lowest BCUT2D eigenvalue weighted by Crippen LogP contribution is -2.13. The second-order valence-corrected chi connectivity index (χ2v) is 6.63. The molecule has 0 bridgehead atoms. The minimum atomic E-state index is -0.595. The van der Waals surface area contributed by atoms with Crippen molar-refractivity contribution in [2.75, 3.05) is 10.6 Å². The Hall–Kier alpha value is -3.51. The molecule has 2 aromatic carbocycles. The number of carbonyl (C=O) groups excluding carboxylic acids is 2. The van der Waals surface area contributed by atoms with E-state index in [4.69, 9.17) is 11.6 Å². The summed E-state index contributed by atoms with van der Waals surface area (Å²) in [5.41, 5.74) is 2.89. The molecule has 3 rings (SSSR count). The molecule has 0 fully saturated rings. The lowest BCUT2D eigenvalue weighted by molar-refractivity contribution is -0.111. The second kappa shape index (κ2) is 9.12. The molecule has 0 saturated carbocycles. The number of hydrogen-bond acceptors (Lipinski definition) is 3. The van der Waals surface area contributed by atoms with Crippen LogP contribution in [-0.4, -0.2) is 16.8 Å². The quantitative estimate of drug-likeness (QED) is 0.577. The highest BCUT2D eigenvalue weighted by Gasteiger charge is 2.10. The number of aromatic nitrogens is 1. The van der Waals surface area contributed by atoms with Crippen LogP contribution in [0.15, 0.2) is 67.0 Å². The number of nitrogens with zero attached hydrogens (tertiary/aromatic N) is 1. The molecule has 0 aliphatic carbocycles. The van der Waals surface area contributed by atoms with E-state index in [0.29, 0.717) is 11.4 Å². The third-order valence-electron chi connectivity index (χ3n) is 4.05. The Balaban J connectivity index is 1.70. The van der Waals surface area contributed by atoms with E-state index in [0.717, 1.165) is 17.2 Å². The zero-order valence-corrected chi connectivity index (χ0v) is 16.2. The molecule has 0 aliphatic rings. The number of aryl methyl sites for hydroxylation is 1. The van der Waals surface area contributed by atoms with Crippen LogP contribution in [-0.2, 0) is 4.79 Å². The summed E-state index contributed by atoms with van der Waals surface area (Å²) in [4.78, 5) is 28.5. The first kappa shape index (κ1) is 20.2. The molecule has 146 valence electrons. The average Bonchev–Trinajstić information content (AvgIpc) is 2.71. The standard InChI is InChI=1S/C22H17ClFN3O2/c1-14-4-7-17(26-22(29)16-6-8-19(24)18(23)11-16)12-20(14)27-21(28)9-5-15-3-2-10-25-13-15/h2-13H,1H3,(H,26,29)(H,27,28)/b9-5+. The summed E-state index contributed by atoms with van der Waals surface area (Å²) in [5, 5.41) is 5.36. The van der Waals surface area contributed by atoms with Crippen molar-refractivity contribution in [2.24, 2.45) is 0 Å². The van der Waals surface area contributed by atoms with E-state index in [1.807, 2.05) is 13.0 Å². The van der Waals surface area contributed by atoms with Gasteiger partial charge in [-0.05, 0) is 60.5 Å². The van der Waals surface area contributed by atoms with Gasteiger partial charge in [0.05, 0.1) is 5.02 Å². The molecule has 0 saturated heterocycles. The third-order valence-corrected chi connectivity index (χ3v) is 4.34. The number of nitrogens with one attached hydrogen (secondary N) is 2. The second-order valence-electron chi connectivity index (χ2n) is 6.22. The van der Waals surface area contributed by atoms with Gasteiger partial charge in [-0.15, -0.1) is 0 Å². The lowest BCUT2D eigenvalue weighted by Gasteiger charge is -2.11. The van der Waals surface area contributed by atoms with Crippen molar-refractivity contribution >= 4 is 40.9 Å². The highest BCUT2D eigenvalue weighted by Crippen LogP contribution is 2.22. The summed E-state index contributed by atoms with van der Waals surface area (Å²) in [5.74, 6) is -1.35. The minimum Gasteiger partial charge on any atom is -0.322 e. The van der Waals surface area contributed by atoms with E-state index < -0.39 is 11.7 Å². The van der Waals surface area contributed by atoms with Crippen LogP contribution in [0.5, 0.6) is 0 Å². The summed E-state index contributed by atoms with van der Waals surface area (Å²) in [6.45, 7) is 1.84. The van der Waals surface area contributed by atoms with Crippen LogP contribution in [0.2, 0.25) is 5.02 Å². The fraction of sp³-hybridized carbons (Fsp3) is 0.0455. The van der Waals surface area contributed by atoms with Crippen LogP contribution in [0.1, 0.15) is 21.5 Å². The number of hydrogen-bond donors (Lipinski definition) is 2. The number of benzene rings is 2. The summed E-state index contributed by atoms with van der Waals surface area (Å²) in [6, 6.07) is 12.5. The Bertz CT molecular complexity index is 1080. The van der Waals surface area contributed by atoms with Crippen molar-refractivity contribution in [3.05, 3.63) is 94.5 Å². The van der Waals surface area contributed by atoms with Gasteiger partial charge in [-0.1, -0.05) is 23.7 Å². The molecule has 5 nitrogen and oxygen atoms in total. The molecule has 0 aliphatic heterocycles. The molecule has 3 aromatic rings. The number of amides is 2. The van der Waals surface area contributed by atoms with Gasteiger partial charge < -0.3 is 10.6 Å². The van der Waals surface area contributed by atoms with Gasteiger partial charge in [-0.3, -0.25) is 14.6 Å². The van der Waals surface area contributed by atoms with Crippen LogP contribution < -0.4 is 10.6 Å². The average molecular weight is 410 g/mol. The third kappa shape index (κ3) is 5.49. The van der Waals surface area contributed by atoms with Gasteiger partial charge in [0.1, 0.15) is 5.82 Å². The van der Waals surface area contributed by atoms with E-state index in [1.165, 1.54) is 18.2 Å². The van der Waals surface area contributed by atoms with Gasteiger partial charge >= 0.3 is 0 Å². The van der Waals surface area contributed by atoms with Gasteiger partial charge in [-0.2, -0.15) is 0 Å². The van der Waals surface area contributed by atoms with Crippen molar-refractivity contribution < 1.29 is 14.0 Å². The highest BCUT2D eigenvalue weighted by atomic mass is 35.5. The molecule has 1 heterocycles. The molecule has 7 heteroatoms. The van der Waals surface area contributed by atoms with Gasteiger partial charge in [-0.25, -0.2) is 4.39 Å². The van der Waals surface area contributed by atoms with Crippen LogP contribution in [0.3, 0.4) is 0 Å². The molecule has 0 spiro atoms. The first-order chi connectivity index (χ1) is 13.9. The normalized spacial score (nSPS) is 10.7. The SMILES string of the molecule is Cc1ccc(NC(=O)c2ccc(F)c(Cl)c2)cc1NC(=O)/C=C/c1cccnc1. The van der Waals surface area contributed by atoms with E-state index in [-0.39, 0.29) is 16.5 Å². The molecule has 2 N–H and O–H groups in total. The van der Waals surface area contributed by atoms with Crippen molar-refractivity contribution in [1.29, 1.82) is 0 Å². The fourth-order valence-corrected chi connectivity index (χ4v) is 2.68.